The normalized spacial score (nSPS) is 27.1. The number of hydrogen-bond donors (Lipinski definition) is 0. The largest absolute Gasteiger partial charge is 0.378 e. The number of urea groups is 1. The summed E-state index contributed by atoms with van der Waals surface area (Å²) >= 11 is 0. The molecule has 2 aliphatic heterocycles. The molecule has 4 heteroatoms. The van der Waals surface area contributed by atoms with Crippen molar-refractivity contribution in [2.45, 2.75) is 58.0 Å². The summed E-state index contributed by atoms with van der Waals surface area (Å²) in [6.45, 7) is 11.5. The number of carbonyl (C=O) groups excluding carboxylic acids is 1. The molecule has 0 saturated carbocycles. The number of hydrogen-bond acceptors (Lipinski definition) is 2. The Morgan fingerprint density at radius 1 is 1.00 bits per heavy atom. The van der Waals surface area contributed by atoms with Crippen LogP contribution in [0.25, 0.3) is 0 Å². The molecule has 2 rings (SSSR count). The fourth-order valence-corrected chi connectivity index (χ4v) is 3.41. The molecule has 2 heterocycles. The first kappa shape index (κ1) is 13.7. The van der Waals surface area contributed by atoms with E-state index in [0.29, 0.717) is 13.2 Å². The van der Waals surface area contributed by atoms with Crippen molar-refractivity contribution >= 4 is 6.03 Å². The van der Waals surface area contributed by atoms with Crippen molar-refractivity contribution < 1.29 is 9.53 Å². The lowest BCUT2D eigenvalue weighted by Gasteiger charge is -2.54. The van der Waals surface area contributed by atoms with Crippen LogP contribution in [0.5, 0.6) is 0 Å². The van der Waals surface area contributed by atoms with E-state index in [0.717, 1.165) is 25.9 Å². The van der Waals surface area contributed by atoms with Gasteiger partial charge >= 0.3 is 6.03 Å². The Morgan fingerprint density at radius 2 is 1.50 bits per heavy atom. The van der Waals surface area contributed by atoms with Crippen molar-refractivity contribution in [3.8, 4) is 0 Å². The zero-order chi connectivity index (χ0) is 13.4. The maximum absolute atomic E-state index is 12.8. The summed E-state index contributed by atoms with van der Waals surface area (Å²) < 4.78 is 5.33. The number of amides is 2. The average Bonchev–Trinajstić information content (AvgIpc) is 2.27. The van der Waals surface area contributed by atoms with E-state index in [1.165, 1.54) is 6.42 Å². The standard InChI is InChI=1S/C14H26N2O2/c1-13(2)6-5-7-14(3,4)16(13)12(17)15-8-10-18-11-9-15/h5-11H2,1-4H3. The lowest BCUT2D eigenvalue weighted by Crippen LogP contribution is -2.64. The molecule has 2 fully saturated rings. The predicted molar refractivity (Wildman–Crippen MR) is 71.6 cm³/mol. The van der Waals surface area contributed by atoms with E-state index in [4.69, 9.17) is 4.74 Å². The highest BCUT2D eigenvalue weighted by Crippen LogP contribution is 2.38. The van der Waals surface area contributed by atoms with Gasteiger partial charge in [0.05, 0.1) is 13.2 Å². The van der Waals surface area contributed by atoms with Crippen LogP contribution in [0.15, 0.2) is 0 Å². The summed E-state index contributed by atoms with van der Waals surface area (Å²) in [6.07, 6.45) is 3.38. The van der Waals surface area contributed by atoms with Gasteiger partial charge in [-0.05, 0) is 47.0 Å². The van der Waals surface area contributed by atoms with Gasteiger partial charge in [0.2, 0.25) is 0 Å². The van der Waals surface area contributed by atoms with Crippen LogP contribution in [0.1, 0.15) is 47.0 Å². The van der Waals surface area contributed by atoms with Gasteiger partial charge in [-0.15, -0.1) is 0 Å². The molecule has 0 spiro atoms. The fraction of sp³-hybridized carbons (Fsp3) is 0.929. The fourth-order valence-electron chi connectivity index (χ4n) is 3.41. The molecule has 2 aliphatic rings. The molecule has 0 radical (unpaired) electrons. The van der Waals surface area contributed by atoms with Crippen LogP contribution in [0, 0.1) is 0 Å². The lowest BCUT2D eigenvalue weighted by atomic mass is 9.80. The molecule has 0 unspecified atom stereocenters. The van der Waals surface area contributed by atoms with Crippen molar-refractivity contribution in [1.82, 2.24) is 9.80 Å². The summed E-state index contributed by atoms with van der Waals surface area (Å²) in [6, 6.07) is 0.188. The lowest BCUT2D eigenvalue weighted by molar-refractivity contribution is -0.0202. The minimum Gasteiger partial charge on any atom is -0.378 e. The molecule has 4 nitrogen and oxygen atoms in total. The Morgan fingerprint density at radius 3 is 2.00 bits per heavy atom. The first-order chi connectivity index (χ1) is 8.34. The molecule has 0 aromatic rings. The predicted octanol–water partition coefficient (Wildman–Crippen LogP) is 2.48. The van der Waals surface area contributed by atoms with Gasteiger partial charge in [-0.1, -0.05) is 0 Å². The molecule has 0 aromatic carbocycles. The van der Waals surface area contributed by atoms with Gasteiger partial charge in [0.25, 0.3) is 0 Å². The molecule has 0 N–H and O–H groups in total. The molecular weight excluding hydrogens is 228 g/mol. The van der Waals surface area contributed by atoms with E-state index in [-0.39, 0.29) is 17.1 Å². The highest BCUT2D eigenvalue weighted by Gasteiger charge is 2.45. The molecule has 0 bridgehead atoms. The molecule has 0 aromatic heterocycles. The summed E-state index contributed by atoms with van der Waals surface area (Å²) in [5, 5.41) is 0. The van der Waals surface area contributed by atoms with Gasteiger partial charge in [-0.2, -0.15) is 0 Å². The topological polar surface area (TPSA) is 32.8 Å². The van der Waals surface area contributed by atoms with Gasteiger partial charge in [0.1, 0.15) is 0 Å². The van der Waals surface area contributed by atoms with Gasteiger partial charge < -0.3 is 14.5 Å². The van der Waals surface area contributed by atoms with Crippen LogP contribution in [0.2, 0.25) is 0 Å². The van der Waals surface area contributed by atoms with E-state index >= 15 is 0 Å². The molecule has 2 saturated heterocycles. The van der Waals surface area contributed by atoms with E-state index in [2.05, 4.69) is 32.6 Å². The maximum atomic E-state index is 12.8. The van der Waals surface area contributed by atoms with Gasteiger partial charge in [0.15, 0.2) is 0 Å². The zero-order valence-corrected chi connectivity index (χ0v) is 12.2. The maximum Gasteiger partial charge on any atom is 0.321 e. The first-order valence-electron chi connectivity index (χ1n) is 7.02. The number of likely N-dealkylation sites (tertiary alicyclic amines) is 1. The van der Waals surface area contributed by atoms with Crippen LogP contribution in [0.3, 0.4) is 0 Å². The van der Waals surface area contributed by atoms with Crippen molar-refractivity contribution in [3.05, 3.63) is 0 Å². The highest BCUT2D eigenvalue weighted by atomic mass is 16.5. The van der Waals surface area contributed by atoms with E-state index in [1.807, 2.05) is 4.90 Å². The van der Waals surface area contributed by atoms with Gasteiger partial charge in [-0.3, -0.25) is 0 Å². The monoisotopic (exact) mass is 254 g/mol. The number of morpholine rings is 1. The molecule has 0 atom stereocenters. The van der Waals surface area contributed by atoms with Crippen LogP contribution < -0.4 is 0 Å². The van der Waals surface area contributed by atoms with Crippen LogP contribution in [-0.2, 0) is 4.74 Å². The number of carbonyl (C=O) groups is 1. The molecule has 104 valence electrons. The summed E-state index contributed by atoms with van der Waals surface area (Å²) in [5.41, 5.74) is -0.0890. The van der Waals surface area contributed by atoms with Crippen molar-refractivity contribution in [3.63, 3.8) is 0 Å². The van der Waals surface area contributed by atoms with E-state index < -0.39 is 0 Å². The first-order valence-corrected chi connectivity index (χ1v) is 7.02. The second kappa shape index (κ2) is 4.72. The SMILES string of the molecule is CC1(C)CCCC(C)(C)N1C(=O)N1CCOCC1. The van der Waals surface area contributed by atoms with E-state index in [1.54, 1.807) is 0 Å². The van der Waals surface area contributed by atoms with Gasteiger partial charge in [-0.25, -0.2) is 4.79 Å². The van der Waals surface area contributed by atoms with Crippen LogP contribution in [-0.4, -0.2) is 53.2 Å². The number of nitrogens with zero attached hydrogens (tertiary/aromatic N) is 2. The molecular formula is C14H26N2O2. The van der Waals surface area contributed by atoms with Crippen molar-refractivity contribution in [1.29, 1.82) is 0 Å². The Balaban J connectivity index is 2.19. The Labute approximate surface area is 110 Å². The number of piperidine rings is 1. The summed E-state index contributed by atoms with van der Waals surface area (Å²) in [5.74, 6) is 0. The minimum absolute atomic E-state index is 0.0445. The van der Waals surface area contributed by atoms with Gasteiger partial charge in [0, 0.05) is 24.2 Å². The quantitative estimate of drug-likeness (QED) is 0.665. The molecule has 18 heavy (non-hydrogen) atoms. The summed E-state index contributed by atoms with van der Waals surface area (Å²) in [7, 11) is 0. The average molecular weight is 254 g/mol. The second-order valence-corrected chi connectivity index (χ2v) is 6.70. The Kier molecular flexibility index (Phi) is 3.58. The third-order valence-electron chi connectivity index (χ3n) is 4.26. The third-order valence-corrected chi connectivity index (χ3v) is 4.26. The molecule has 0 aliphatic carbocycles. The highest BCUT2D eigenvalue weighted by molar-refractivity contribution is 5.76. The minimum atomic E-state index is -0.0445. The van der Waals surface area contributed by atoms with Crippen molar-refractivity contribution in [2.75, 3.05) is 26.3 Å². The zero-order valence-electron chi connectivity index (χ0n) is 12.2. The number of rotatable bonds is 0. The third kappa shape index (κ3) is 2.48. The van der Waals surface area contributed by atoms with E-state index in [9.17, 15) is 4.79 Å². The Bertz CT molecular complexity index is 304. The number of ether oxygens (including phenoxy) is 1. The van der Waals surface area contributed by atoms with Crippen LogP contribution >= 0.6 is 0 Å². The second-order valence-electron chi connectivity index (χ2n) is 6.70. The smallest absolute Gasteiger partial charge is 0.321 e. The van der Waals surface area contributed by atoms with Crippen LogP contribution in [0.4, 0.5) is 4.79 Å². The molecule has 2 amide bonds. The summed E-state index contributed by atoms with van der Waals surface area (Å²) in [4.78, 5) is 16.8. The Hall–Kier alpha value is -0.770. The van der Waals surface area contributed by atoms with Crippen molar-refractivity contribution in [2.24, 2.45) is 0 Å².